The molecule has 1 aliphatic rings. The number of benzene rings is 1. The summed E-state index contributed by atoms with van der Waals surface area (Å²) in [5, 5.41) is 3.32. The maximum atomic E-state index is 6.07. The van der Waals surface area contributed by atoms with E-state index in [1.54, 1.807) is 0 Å². The Hall–Kier alpha value is -1.55. The number of rotatable bonds is 9. The zero-order valence-corrected chi connectivity index (χ0v) is 15.5. The Labute approximate surface area is 147 Å². The van der Waals surface area contributed by atoms with Crippen LogP contribution in [0.2, 0.25) is 0 Å². The summed E-state index contributed by atoms with van der Waals surface area (Å²) < 4.78 is 0. The molecule has 134 valence electrons. The molecular weight excluding hydrogens is 296 g/mol. The third-order valence-corrected chi connectivity index (χ3v) is 4.70. The molecule has 0 bridgehead atoms. The summed E-state index contributed by atoms with van der Waals surface area (Å²) in [6, 6.07) is 6.48. The highest BCUT2D eigenvalue weighted by molar-refractivity contribution is 5.93. The molecule has 1 aliphatic carbocycles. The predicted molar refractivity (Wildman–Crippen MR) is 105 cm³/mol. The SMILES string of the molecule is CN(C)CCCCCCCN=C(N)Nc1cccc2c1CCCC2. The fraction of sp³-hybridized carbons (Fsp3) is 0.650. The molecule has 0 saturated heterocycles. The zero-order chi connectivity index (χ0) is 17.2. The quantitative estimate of drug-likeness (QED) is 0.411. The van der Waals surface area contributed by atoms with E-state index in [1.807, 2.05) is 0 Å². The lowest BCUT2D eigenvalue weighted by Crippen LogP contribution is -2.24. The lowest BCUT2D eigenvalue weighted by atomic mass is 9.90. The molecule has 0 saturated carbocycles. The van der Waals surface area contributed by atoms with Crippen LogP contribution in [0.3, 0.4) is 0 Å². The van der Waals surface area contributed by atoms with Crippen LogP contribution in [-0.2, 0) is 12.8 Å². The smallest absolute Gasteiger partial charge is 0.193 e. The monoisotopic (exact) mass is 330 g/mol. The molecule has 24 heavy (non-hydrogen) atoms. The normalized spacial score (nSPS) is 14.7. The van der Waals surface area contributed by atoms with E-state index in [1.165, 1.54) is 62.6 Å². The molecule has 0 radical (unpaired) electrons. The fourth-order valence-electron chi connectivity index (χ4n) is 3.35. The van der Waals surface area contributed by atoms with Crippen LogP contribution in [-0.4, -0.2) is 38.0 Å². The van der Waals surface area contributed by atoms with Crippen molar-refractivity contribution in [1.29, 1.82) is 0 Å². The van der Waals surface area contributed by atoms with Crippen molar-refractivity contribution in [3.63, 3.8) is 0 Å². The Balaban J connectivity index is 1.67. The van der Waals surface area contributed by atoms with Gasteiger partial charge in [0.05, 0.1) is 0 Å². The maximum Gasteiger partial charge on any atom is 0.193 e. The molecule has 0 unspecified atom stereocenters. The van der Waals surface area contributed by atoms with Crippen molar-refractivity contribution >= 4 is 11.6 Å². The number of hydrogen-bond donors (Lipinski definition) is 2. The van der Waals surface area contributed by atoms with Gasteiger partial charge in [-0.15, -0.1) is 0 Å². The third kappa shape index (κ3) is 6.52. The Morgan fingerprint density at radius 2 is 1.83 bits per heavy atom. The number of nitrogens with one attached hydrogen (secondary N) is 1. The molecule has 2 rings (SSSR count). The molecule has 4 nitrogen and oxygen atoms in total. The average Bonchev–Trinajstić information content (AvgIpc) is 2.57. The maximum absolute atomic E-state index is 6.07. The van der Waals surface area contributed by atoms with E-state index in [4.69, 9.17) is 5.73 Å². The van der Waals surface area contributed by atoms with Crippen LogP contribution in [0.4, 0.5) is 5.69 Å². The molecule has 0 aromatic heterocycles. The Kier molecular flexibility index (Phi) is 8.10. The van der Waals surface area contributed by atoms with Crippen molar-refractivity contribution in [2.75, 3.05) is 32.5 Å². The molecule has 0 amide bonds. The number of hydrogen-bond acceptors (Lipinski definition) is 2. The average molecular weight is 331 g/mol. The van der Waals surface area contributed by atoms with E-state index in [2.05, 4.69) is 47.5 Å². The number of aliphatic imine (C=N–C) groups is 1. The van der Waals surface area contributed by atoms with Gasteiger partial charge in [-0.3, -0.25) is 4.99 Å². The van der Waals surface area contributed by atoms with Gasteiger partial charge < -0.3 is 16.0 Å². The topological polar surface area (TPSA) is 53.6 Å². The predicted octanol–water partition coefficient (Wildman–Crippen LogP) is 3.80. The van der Waals surface area contributed by atoms with Crippen LogP contribution in [0.25, 0.3) is 0 Å². The Bertz CT molecular complexity index is 522. The van der Waals surface area contributed by atoms with Gasteiger partial charge in [-0.2, -0.15) is 0 Å². The first kappa shape index (κ1) is 18.8. The molecule has 1 aromatic rings. The van der Waals surface area contributed by atoms with Gasteiger partial charge in [0.25, 0.3) is 0 Å². The summed E-state index contributed by atoms with van der Waals surface area (Å²) in [6.07, 6.45) is 11.2. The number of guanidine groups is 1. The summed E-state index contributed by atoms with van der Waals surface area (Å²) in [5.74, 6) is 0.557. The Morgan fingerprint density at radius 3 is 2.67 bits per heavy atom. The Morgan fingerprint density at radius 1 is 1.08 bits per heavy atom. The molecule has 0 atom stereocenters. The lowest BCUT2D eigenvalue weighted by molar-refractivity contribution is 0.390. The van der Waals surface area contributed by atoms with Gasteiger partial charge in [-0.25, -0.2) is 0 Å². The van der Waals surface area contributed by atoms with Crippen molar-refractivity contribution in [2.45, 2.75) is 57.8 Å². The molecule has 0 heterocycles. The van der Waals surface area contributed by atoms with Gasteiger partial charge in [-0.1, -0.05) is 31.4 Å². The summed E-state index contributed by atoms with van der Waals surface area (Å²) in [7, 11) is 4.27. The van der Waals surface area contributed by atoms with E-state index >= 15 is 0 Å². The van der Waals surface area contributed by atoms with Crippen molar-refractivity contribution in [1.82, 2.24) is 4.90 Å². The van der Waals surface area contributed by atoms with Gasteiger partial charge in [0.15, 0.2) is 5.96 Å². The standard InChI is InChI=1S/C20H34N4/c1-24(2)16-9-5-3-4-8-15-22-20(21)23-19-14-10-12-17-11-6-7-13-18(17)19/h10,12,14H,3-9,11,13,15-16H2,1-2H3,(H3,21,22,23). The van der Waals surface area contributed by atoms with Crippen LogP contribution >= 0.6 is 0 Å². The fourth-order valence-corrected chi connectivity index (χ4v) is 3.35. The second-order valence-electron chi connectivity index (χ2n) is 7.11. The summed E-state index contributed by atoms with van der Waals surface area (Å²) in [5.41, 5.74) is 10.1. The number of anilines is 1. The minimum Gasteiger partial charge on any atom is -0.370 e. The second kappa shape index (κ2) is 10.3. The summed E-state index contributed by atoms with van der Waals surface area (Å²) in [4.78, 5) is 6.74. The molecule has 3 N–H and O–H groups in total. The lowest BCUT2D eigenvalue weighted by Gasteiger charge is -2.19. The van der Waals surface area contributed by atoms with Gasteiger partial charge in [-0.05, 0) is 76.4 Å². The van der Waals surface area contributed by atoms with Gasteiger partial charge in [0.1, 0.15) is 0 Å². The van der Waals surface area contributed by atoms with Crippen LogP contribution in [0, 0.1) is 0 Å². The first-order valence-electron chi connectivity index (χ1n) is 9.49. The largest absolute Gasteiger partial charge is 0.370 e. The highest BCUT2D eigenvalue weighted by atomic mass is 15.1. The van der Waals surface area contributed by atoms with Gasteiger partial charge in [0, 0.05) is 12.2 Å². The van der Waals surface area contributed by atoms with Crippen LogP contribution in [0.1, 0.15) is 56.1 Å². The molecule has 4 heteroatoms. The summed E-state index contributed by atoms with van der Waals surface area (Å²) in [6.45, 7) is 2.01. The van der Waals surface area contributed by atoms with Crippen LogP contribution < -0.4 is 11.1 Å². The highest BCUT2D eigenvalue weighted by Crippen LogP contribution is 2.27. The minimum atomic E-state index is 0.557. The number of aryl methyl sites for hydroxylation is 1. The zero-order valence-electron chi connectivity index (χ0n) is 15.5. The van der Waals surface area contributed by atoms with Crippen LogP contribution in [0.15, 0.2) is 23.2 Å². The van der Waals surface area contributed by atoms with Crippen molar-refractivity contribution in [3.05, 3.63) is 29.3 Å². The molecule has 0 aliphatic heterocycles. The third-order valence-electron chi connectivity index (χ3n) is 4.70. The van der Waals surface area contributed by atoms with Crippen molar-refractivity contribution < 1.29 is 0 Å². The first-order valence-corrected chi connectivity index (χ1v) is 9.49. The first-order chi connectivity index (χ1) is 11.7. The van der Waals surface area contributed by atoms with Crippen molar-refractivity contribution in [3.8, 4) is 0 Å². The number of fused-ring (bicyclic) bond motifs is 1. The summed E-state index contributed by atoms with van der Waals surface area (Å²) >= 11 is 0. The molecule has 0 spiro atoms. The molecule has 1 aromatic carbocycles. The molecule has 0 fully saturated rings. The highest BCUT2D eigenvalue weighted by Gasteiger charge is 2.12. The number of nitrogens with two attached hydrogens (primary N) is 1. The number of nitrogens with zero attached hydrogens (tertiary/aromatic N) is 2. The van der Waals surface area contributed by atoms with E-state index < -0.39 is 0 Å². The second-order valence-corrected chi connectivity index (χ2v) is 7.11. The van der Waals surface area contributed by atoms with E-state index in [-0.39, 0.29) is 0 Å². The van der Waals surface area contributed by atoms with Gasteiger partial charge in [0.2, 0.25) is 0 Å². The van der Waals surface area contributed by atoms with Crippen molar-refractivity contribution in [2.24, 2.45) is 10.7 Å². The molecular formula is C20H34N4. The van der Waals surface area contributed by atoms with Gasteiger partial charge >= 0.3 is 0 Å². The van der Waals surface area contributed by atoms with E-state index in [9.17, 15) is 0 Å². The van der Waals surface area contributed by atoms with E-state index in [0.29, 0.717) is 5.96 Å². The van der Waals surface area contributed by atoms with Crippen LogP contribution in [0.5, 0.6) is 0 Å². The minimum absolute atomic E-state index is 0.557. The number of unbranched alkanes of at least 4 members (excludes halogenated alkanes) is 4. The van der Waals surface area contributed by atoms with E-state index in [0.717, 1.165) is 25.1 Å².